The van der Waals surface area contributed by atoms with Crippen LogP contribution in [0.3, 0.4) is 0 Å². The summed E-state index contributed by atoms with van der Waals surface area (Å²) in [6, 6.07) is 4.38. The normalized spacial score (nSPS) is 9.80. The molecule has 0 spiro atoms. The lowest BCUT2D eigenvalue weighted by Gasteiger charge is -2.05. The Balaban J connectivity index is 2.44. The molecule has 0 unspecified atom stereocenters. The monoisotopic (exact) mass is 276 g/mol. The summed E-state index contributed by atoms with van der Waals surface area (Å²) in [5.41, 5.74) is 1.97. The summed E-state index contributed by atoms with van der Waals surface area (Å²) >= 11 is 3.02. The van der Waals surface area contributed by atoms with Crippen LogP contribution in [-0.4, -0.2) is 12.5 Å². The van der Waals surface area contributed by atoms with Gasteiger partial charge in [0.25, 0.3) is 0 Å². The van der Waals surface area contributed by atoms with Crippen molar-refractivity contribution in [3.8, 4) is 5.75 Å². The molecule has 0 radical (unpaired) electrons. The molecule has 0 aliphatic carbocycles. The molecule has 0 aliphatic rings. The minimum Gasteiger partial charge on any atom is -0.493 e. The molecule has 0 fully saturated rings. The first-order chi connectivity index (χ1) is 7.13. The van der Waals surface area contributed by atoms with Crippen molar-refractivity contribution in [1.29, 1.82) is 0 Å². The van der Waals surface area contributed by atoms with E-state index in [0.29, 0.717) is 10.2 Å². The molecule has 3 N–H and O–H groups in total. The molecule has 6 heteroatoms. The number of hydrogen-bond donors (Lipinski definition) is 2. The molecule has 0 aliphatic heterocycles. The van der Waals surface area contributed by atoms with Crippen LogP contribution in [0.2, 0.25) is 0 Å². The zero-order chi connectivity index (χ0) is 11.3. The topological polar surface area (TPSA) is 64.3 Å². The number of hydrogen-bond acceptors (Lipinski definition) is 3. The summed E-state index contributed by atoms with van der Waals surface area (Å²) in [5, 5.41) is 0. The van der Waals surface area contributed by atoms with Gasteiger partial charge in [-0.15, -0.1) is 0 Å². The minimum absolute atomic E-state index is 0.133. The quantitative estimate of drug-likeness (QED) is 0.496. The van der Waals surface area contributed by atoms with E-state index in [-0.39, 0.29) is 18.9 Å². The number of amides is 1. The van der Waals surface area contributed by atoms with Crippen molar-refractivity contribution < 1.29 is 13.9 Å². The summed E-state index contributed by atoms with van der Waals surface area (Å²) in [6.07, 6.45) is 0.133. The lowest BCUT2D eigenvalue weighted by atomic mass is 10.3. The Kier molecular flexibility index (Phi) is 4.51. The number of nitrogens with one attached hydrogen (secondary N) is 1. The van der Waals surface area contributed by atoms with Crippen LogP contribution in [0.5, 0.6) is 5.75 Å². The molecule has 0 saturated carbocycles. The fourth-order valence-corrected chi connectivity index (χ4v) is 1.15. The predicted octanol–water partition coefficient (Wildman–Crippen LogP) is 1.35. The van der Waals surface area contributed by atoms with Crippen LogP contribution in [0, 0.1) is 5.82 Å². The first-order valence-electron chi connectivity index (χ1n) is 4.21. The van der Waals surface area contributed by atoms with Gasteiger partial charge in [-0.1, -0.05) is 0 Å². The molecular weight excluding hydrogens is 267 g/mol. The number of carbonyl (C=O) groups excluding carboxylic acids is 1. The van der Waals surface area contributed by atoms with Gasteiger partial charge in [0.15, 0.2) is 0 Å². The highest BCUT2D eigenvalue weighted by Crippen LogP contribution is 2.20. The van der Waals surface area contributed by atoms with Crippen molar-refractivity contribution in [1.82, 2.24) is 5.43 Å². The maximum atomic E-state index is 13.0. The molecule has 0 atom stereocenters. The van der Waals surface area contributed by atoms with Gasteiger partial charge in [0.1, 0.15) is 11.6 Å². The zero-order valence-corrected chi connectivity index (χ0v) is 9.38. The van der Waals surface area contributed by atoms with E-state index >= 15 is 0 Å². The van der Waals surface area contributed by atoms with E-state index in [1.807, 2.05) is 5.43 Å². The van der Waals surface area contributed by atoms with Gasteiger partial charge in [0.05, 0.1) is 17.5 Å². The average molecular weight is 277 g/mol. The molecule has 1 rings (SSSR count). The third-order valence-corrected chi connectivity index (χ3v) is 2.29. The van der Waals surface area contributed by atoms with Crippen molar-refractivity contribution in [3.63, 3.8) is 0 Å². The Morgan fingerprint density at radius 1 is 1.60 bits per heavy atom. The van der Waals surface area contributed by atoms with Crippen molar-refractivity contribution in [2.45, 2.75) is 6.42 Å². The molecule has 15 heavy (non-hydrogen) atoms. The zero-order valence-electron chi connectivity index (χ0n) is 7.80. The van der Waals surface area contributed by atoms with E-state index < -0.39 is 5.82 Å². The number of rotatable bonds is 4. The van der Waals surface area contributed by atoms with Crippen molar-refractivity contribution in [3.05, 3.63) is 28.5 Å². The van der Waals surface area contributed by atoms with E-state index in [0.717, 1.165) is 0 Å². The van der Waals surface area contributed by atoms with E-state index in [4.69, 9.17) is 10.6 Å². The highest BCUT2D eigenvalue weighted by molar-refractivity contribution is 9.10. The van der Waals surface area contributed by atoms with Crippen LogP contribution in [0.15, 0.2) is 22.7 Å². The van der Waals surface area contributed by atoms with Crippen molar-refractivity contribution in [2.24, 2.45) is 5.84 Å². The van der Waals surface area contributed by atoms with E-state index in [1.54, 1.807) is 6.07 Å². The van der Waals surface area contributed by atoms with Gasteiger partial charge < -0.3 is 4.74 Å². The first kappa shape index (κ1) is 11.9. The average Bonchev–Trinajstić information content (AvgIpc) is 2.23. The second-order valence-corrected chi connectivity index (χ2v) is 3.60. The molecule has 0 saturated heterocycles. The van der Waals surface area contributed by atoms with Crippen LogP contribution in [-0.2, 0) is 4.79 Å². The van der Waals surface area contributed by atoms with Gasteiger partial charge in [-0.25, -0.2) is 10.2 Å². The molecule has 1 aromatic carbocycles. The Morgan fingerprint density at radius 3 is 2.93 bits per heavy atom. The fourth-order valence-electron chi connectivity index (χ4n) is 0.900. The molecule has 1 aromatic rings. The standard InChI is InChI=1S/C9H10BrFN2O2/c10-7-2-1-6(5-8(7)11)15-4-3-9(14)13-12/h1-2,5H,3-4,12H2,(H,13,14). The number of hydrazine groups is 1. The molecule has 0 aromatic heterocycles. The number of halogens is 2. The second kappa shape index (κ2) is 5.67. The Morgan fingerprint density at radius 2 is 2.33 bits per heavy atom. The highest BCUT2D eigenvalue weighted by atomic mass is 79.9. The number of ether oxygens (including phenoxy) is 1. The van der Waals surface area contributed by atoms with Gasteiger partial charge in [0.2, 0.25) is 5.91 Å². The third kappa shape index (κ3) is 3.85. The summed E-state index contributed by atoms with van der Waals surface area (Å²) in [6.45, 7) is 0.157. The lowest BCUT2D eigenvalue weighted by Crippen LogP contribution is -2.31. The van der Waals surface area contributed by atoms with E-state index in [2.05, 4.69) is 15.9 Å². The molecule has 1 amide bonds. The molecular formula is C9H10BrFN2O2. The first-order valence-corrected chi connectivity index (χ1v) is 5.00. The summed E-state index contributed by atoms with van der Waals surface area (Å²) in [4.78, 5) is 10.7. The van der Waals surface area contributed by atoms with Crippen molar-refractivity contribution >= 4 is 21.8 Å². The maximum absolute atomic E-state index is 13.0. The van der Waals surface area contributed by atoms with Gasteiger partial charge >= 0.3 is 0 Å². The SMILES string of the molecule is NNC(=O)CCOc1ccc(Br)c(F)c1. The van der Waals surface area contributed by atoms with Crippen LogP contribution >= 0.6 is 15.9 Å². The van der Waals surface area contributed by atoms with Crippen LogP contribution in [0.1, 0.15) is 6.42 Å². The summed E-state index contributed by atoms with van der Waals surface area (Å²) in [7, 11) is 0. The Bertz CT molecular complexity index is 360. The molecule has 4 nitrogen and oxygen atoms in total. The lowest BCUT2D eigenvalue weighted by molar-refractivity contribution is -0.121. The van der Waals surface area contributed by atoms with Crippen LogP contribution in [0.4, 0.5) is 4.39 Å². The number of benzene rings is 1. The maximum Gasteiger partial charge on any atom is 0.237 e. The van der Waals surface area contributed by atoms with Crippen LogP contribution in [0.25, 0.3) is 0 Å². The molecule has 82 valence electrons. The van der Waals surface area contributed by atoms with Gasteiger partial charge in [-0.05, 0) is 28.1 Å². The fraction of sp³-hybridized carbons (Fsp3) is 0.222. The molecule has 0 heterocycles. The molecule has 0 bridgehead atoms. The Hall–Kier alpha value is -1.14. The van der Waals surface area contributed by atoms with Gasteiger partial charge in [0, 0.05) is 6.07 Å². The summed E-state index contributed by atoms with van der Waals surface area (Å²) < 4.78 is 18.5. The largest absolute Gasteiger partial charge is 0.493 e. The predicted molar refractivity (Wildman–Crippen MR) is 56.5 cm³/mol. The van der Waals surface area contributed by atoms with E-state index in [9.17, 15) is 9.18 Å². The van der Waals surface area contributed by atoms with Crippen LogP contribution < -0.4 is 16.0 Å². The number of carbonyl (C=O) groups is 1. The summed E-state index contributed by atoms with van der Waals surface area (Å²) in [5.74, 6) is 4.52. The van der Waals surface area contributed by atoms with Crippen molar-refractivity contribution in [2.75, 3.05) is 6.61 Å². The smallest absolute Gasteiger partial charge is 0.237 e. The number of nitrogens with two attached hydrogens (primary N) is 1. The third-order valence-electron chi connectivity index (χ3n) is 1.65. The van der Waals surface area contributed by atoms with E-state index in [1.165, 1.54) is 12.1 Å². The Labute approximate surface area is 94.7 Å². The van der Waals surface area contributed by atoms with Gasteiger partial charge in [-0.3, -0.25) is 10.2 Å². The highest BCUT2D eigenvalue weighted by Gasteiger charge is 2.02. The second-order valence-electron chi connectivity index (χ2n) is 2.74. The van der Waals surface area contributed by atoms with Gasteiger partial charge in [-0.2, -0.15) is 0 Å². The minimum atomic E-state index is -0.407.